The first kappa shape index (κ1) is 12.7. The third-order valence-corrected chi connectivity index (χ3v) is 5.58. The van der Waals surface area contributed by atoms with Gasteiger partial charge in [-0.2, -0.15) is 11.8 Å². The molecule has 16 heavy (non-hydrogen) atoms. The summed E-state index contributed by atoms with van der Waals surface area (Å²) in [6.45, 7) is 5.34. The fourth-order valence-corrected chi connectivity index (χ4v) is 4.21. The van der Waals surface area contributed by atoms with Gasteiger partial charge in [-0.05, 0) is 56.5 Å². The summed E-state index contributed by atoms with van der Waals surface area (Å²) in [5.41, 5.74) is 6.61. The molecule has 0 aromatic rings. The molecule has 2 nitrogen and oxygen atoms in total. The minimum atomic E-state index is 0.00136. The van der Waals surface area contributed by atoms with Crippen LogP contribution in [0.3, 0.4) is 0 Å². The Morgan fingerprint density at radius 1 is 1.44 bits per heavy atom. The van der Waals surface area contributed by atoms with Crippen molar-refractivity contribution in [1.29, 1.82) is 0 Å². The third kappa shape index (κ3) is 2.57. The van der Waals surface area contributed by atoms with E-state index in [0.29, 0.717) is 5.92 Å². The van der Waals surface area contributed by atoms with Gasteiger partial charge < -0.3 is 10.5 Å². The summed E-state index contributed by atoms with van der Waals surface area (Å²) in [6, 6.07) is 0. The second-order valence-electron chi connectivity index (χ2n) is 5.69. The van der Waals surface area contributed by atoms with Gasteiger partial charge in [-0.1, -0.05) is 6.92 Å². The van der Waals surface area contributed by atoms with Crippen molar-refractivity contribution in [2.24, 2.45) is 11.7 Å². The van der Waals surface area contributed by atoms with Crippen LogP contribution in [-0.2, 0) is 4.74 Å². The van der Waals surface area contributed by atoms with Crippen molar-refractivity contribution >= 4 is 11.8 Å². The molecule has 0 aromatic heterocycles. The molecule has 3 heteroatoms. The van der Waals surface area contributed by atoms with E-state index in [0.717, 1.165) is 19.4 Å². The second kappa shape index (κ2) is 4.87. The average molecular weight is 243 g/mol. The van der Waals surface area contributed by atoms with Crippen molar-refractivity contribution in [3.8, 4) is 0 Å². The Bertz CT molecular complexity index is 231. The summed E-state index contributed by atoms with van der Waals surface area (Å²) in [7, 11) is 0. The molecule has 0 bridgehead atoms. The number of nitrogens with two attached hydrogens (primary N) is 1. The Hall–Kier alpha value is 0.270. The van der Waals surface area contributed by atoms with Gasteiger partial charge in [0, 0.05) is 12.1 Å². The van der Waals surface area contributed by atoms with E-state index in [4.69, 9.17) is 10.5 Å². The number of ether oxygens (including phenoxy) is 1. The van der Waals surface area contributed by atoms with E-state index in [1.165, 1.54) is 30.8 Å². The standard InChI is InChI=1S/C13H25NOS/c1-3-12(2,14)11-4-7-15-13(10-11)5-8-16-9-6-13/h11H,3-10,14H2,1-2H3. The molecule has 94 valence electrons. The van der Waals surface area contributed by atoms with Gasteiger partial charge in [-0.15, -0.1) is 0 Å². The summed E-state index contributed by atoms with van der Waals surface area (Å²) in [6.07, 6.45) is 5.87. The maximum atomic E-state index is 6.42. The van der Waals surface area contributed by atoms with Gasteiger partial charge in [-0.25, -0.2) is 0 Å². The number of hydrogen-bond donors (Lipinski definition) is 1. The summed E-state index contributed by atoms with van der Waals surface area (Å²) >= 11 is 2.07. The molecule has 2 aliphatic heterocycles. The SMILES string of the molecule is CCC(C)(N)C1CCOC2(CCSCC2)C1. The predicted octanol–water partition coefficient (Wildman–Crippen LogP) is 2.81. The van der Waals surface area contributed by atoms with Crippen molar-refractivity contribution in [1.82, 2.24) is 0 Å². The van der Waals surface area contributed by atoms with Crippen LogP contribution in [0, 0.1) is 5.92 Å². The molecule has 2 heterocycles. The van der Waals surface area contributed by atoms with Crippen molar-refractivity contribution < 1.29 is 4.74 Å². The van der Waals surface area contributed by atoms with E-state index in [2.05, 4.69) is 25.6 Å². The Morgan fingerprint density at radius 2 is 2.12 bits per heavy atom. The zero-order chi connectivity index (χ0) is 11.6. The summed E-state index contributed by atoms with van der Waals surface area (Å²) in [5, 5.41) is 0. The van der Waals surface area contributed by atoms with E-state index in [1.54, 1.807) is 0 Å². The van der Waals surface area contributed by atoms with Crippen LogP contribution in [-0.4, -0.2) is 29.3 Å². The molecular formula is C13H25NOS. The minimum absolute atomic E-state index is 0.00136. The van der Waals surface area contributed by atoms with E-state index < -0.39 is 0 Å². The first-order valence-electron chi connectivity index (χ1n) is 6.59. The van der Waals surface area contributed by atoms with Crippen LogP contribution in [0.2, 0.25) is 0 Å². The zero-order valence-corrected chi connectivity index (χ0v) is 11.4. The second-order valence-corrected chi connectivity index (χ2v) is 6.92. The highest BCUT2D eigenvalue weighted by atomic mass is 32.2. The molecule has 0 saturated carbocycles. The van der Waals surface area contributed by atoms with Crippen LogP contribution in [0.25, 0.3) is 0 Å². The molecule has 2 saturated heterocycles. The lowest BCUT2D eigenvalue weighted by Gasteiger charge is -2.47. The lowest BCUT2D eigenvalue weighted by atomic mass is 9.72. The van der Waals surface area contributed by atoms with Crippen LogP contribution in [0.5, 0.6) is 0 Å². The smallest absolute Gasteiger partial charge is 0.0701 e. The Labute approximate surface area is 104 Å². The van der Waals surface area contributed by atoms with E-state index in [-0.39, 0.29) is 11.1 Å². The molecule has 0 radical (unpaired) electrons. The van der Waals surface area contributed by atoms with Gasteiger partial charge in [0.05, 0.1) is 5.60 Å². The van der Waals surface area contributed by atoms with Crippen LogP contribution in [0.15, 0.2) is 0 Å². The third-order valence-electron chi connectivity index (χ3n) is 4.59. The molecule has 2 N–H and O–H groups in total. The van der Waals surface area contributed by atoms with E-state index in [9.17, 15) is 0 Å². The number of hydrogen-bond acceptors (Lipinski definition) is 3. The van der Waals surface area contributed by atoms with Crippen molar-refractivity contribution in [2.75, 3.05) is 18.1 Å². The maximum absolute atomic E-state index is 6.42. The largest absolute Gasteiger partial charge is 0.375 e. The molecule has 1 spiro atoms. The topological polar surface area (TPSA) is 35.2 Å². The lowest BCUT2D eigenvalue weighted by Crippen LogP contribution is -2.52. The van der Waals surface area contributed by atoms with Gasteiger partial charge >= 0.3 is 0 Å². The number of rotatable bonds is 2. The average Bonchev–Trinajstić information content (AvgIpc) is 2.30. The van der Waals surface area contributed by atoms with Crippen LogP contribution >= 0.6 is 11.8 Å². The van der Waals surface area contributed by atoms with E-state index >= 15 is 0 Å². The predicted molar refractivity (Wildman–Crippen MR) is 70.8 cm³/mol. The molecule has 2 atom stereocenters. The molecule has 0 aliphatic carbocycles. The summed E-state index contributed by atoms with van der Waals surface area (Å²) < 4.78 is 6.11. The van der Waals surface area contributed by atoms with Crippen LogP contribution in [0.1, 0.15) is 46.0 Å². The Kier molecular flexibility index (Phi) is 3.87. The van der Waals surface area contributed by atoms with Crippen molar-refractivity contribution in [3.63, 3.8) is 0 Å². The fraction of sp³-hybridized carbons (Fsp3) is 1.00. The number of thioether (sulfide) groups is 1. The zero-order valence-electron chi connectivity index (χ0n) is 10.6. The fourth-order valence-electron chi connectivity index (χ4n) is 2.97. The van der Waals surface area contributed by atoms with Gasteiger partial charge in [0.15, 0.2) is 0 Å². The molecular weight excluding hydrogens is 218 g/mol. The lowest BCUT2D eigenvalue weighted by molar-refractivity contribution is -0.112. The molecule has 0 aromatic carbocycles. The molecule has 2 fully saturated rings. The Balaban J connectivity index is 2.03. The minimum Gasteiger partial charge on any atom is -0.375 e. The van der Waals surface area contributed by atoms with E-state index in [1.807, 2.05) is 0 Å². The van der Waals surface area contributed by atoms with Gasteiger partial charge in [0.2, 0.25) is 0 Å². The van der Waals surface area contributed by atoms with Crippen molar-refractivity contribution in [3.05, 3.63) is 0 Å². The maximum Gasteiger partial charge on any atom is 0.0701 e. The highest BCUT2D eigenvalue weighted by molar-refractivity contribution is 7.99. The highest BCUT2D eigenvalue weighted by Gasteiger charge is 2.43. The van der Waals surface area contributed by atoms with Gasteiger partial charge in [0.25, 0.3) is 0 Å². The highest BCUT2D eigenvalue weighted by Crippen LogP contribution is 2.42. The monoisotopic (exact) mass is 243 g/mol. The normalized spacial score (nSPS) is 33.6. The van der Waals surface area contributed by atoms with Crippen LogP contribution < -0.4 is 5.73 Å². The summed E-state index contributed by atoms with van der Waals surface area (Å²) in [4.78, 5) is 0. The van der Waals surface area contributed by atoms with Crippen LogP contribution in [0.4, 0.5) is 0 Å². The Morgan fingerprint density at radius 3 is 2.75 bits per heavy atom. The van der Waals surface area contributed by atoms with Crippen molar-refractivity contribution in [2.45, 2.75) is 57.1 Å². The molecule has 2 rings (SSSR count). The molecule has 2 aliphatic rings. The summed E-state index contributed by atoms with van der Waals surface area (Å²) in [5.74, 6) is 3.18. The molecule has 2 unspecified atom stereocenters. The first-order valence-corrected chi connectivity index (χ1v) is 7.74. The van der Waals surface area contributed by atoms with Gasteiger partial charge in [-0.3, -0.25) is 0 Å². The quantitative estimate of drug-likeness (QED) is 0.810. The van der Waals surface area contributed by atoms with Gasteiger partial charge in [0.1, 0.15) is 0 Å². The molecule has 0 amide bonds. The first-order chi connectivity index (χ1) is 7.58.